The van der Waals surface area contributed by atoms with Crippen LogP contribution in [0.5, 0.6) is 0 Å². The van der Waals surface area contributed by atoms with Gasteiger partial charge in [0, 0.05) is 25.2 Å². The van der Waals surface area contributed by atoms with E-state index in [4.69, 9.17) is 4.52 Å². The van der Waals surface area contributed by atoms with Gasteiger partial charge in [-0.05, 0) is 38.8 Å². The van der Waals surface area contributed by atoms with Crippen LogP contribution in [-0.2, 0) is 0 Å². The first-order valence-electron chi connectivity index (χ1n) is 8.50. The molecule has 122 valence electrons. The molecule has 1 N–H and O–H groups in total. The fraction of sp³-hybridized carbons (Fsp3) is 0.625. The van der Waals surface area contributed by atoms with Crippen molar-refractivity contribution in [3.63, 3.8) is 0 Å². The van der Waals surface area contributed by atoms with E-state index in [1.807, 2.05) is 0 Å². The summed E-state index contributed by atoms with van der Waals surface area (Å²) in [7, 11) is 0. The Morgan fingerprint density at radius 1 is 1.22 bits per heavy atom. The molecule has 2 fully saturated rings. The van der Waals surface area contributed by atoms with Gasteiger partial charge in [0.1, 0.15) is 17.7 Å². The van der Waals surface area contributed by atoms with Gasteiger partial charge in [0.2, 0.25) is 0 Å². The van der Waals surface area contributed by atoms with Crippen LogP contribution < -0.4 is 5.32 Å². The summed E-state index contributed by atoms with van der Waals surface area (Å²) in [5, 5.41) is 7.46. The van der Waals surface area contributed by atoms with Gasteiger partial charge in [0.05, 0.1) is 0 Å². The van der Waals surface area contributed by atoms with Crippen LogP contribution in [0.2, 0.25) is 0 Å². The second kappa shape index (κ2) is 6.62. The summed E-state index contributed by atoms with van der Waals surface area (Å²) in [4.78, 5) is 15.4. The van der Waals surface area contributed by atoms with Crippen LogP contribution in [0.1, 0.15) is 43.8 Å². The smallest absolute Gasteiger partial charge is 0.263 e. The third-order valence-electron chi connectivity index (χ3n) is 4.50. The number of piperidine rings is 1. The summed E-state index contributed by atoms with van der Waals surface area (Å²) < 4.78 is 5.40. The second-order valence-corrected chi connectivity index (χ2v) is 6.35. The van der Waals surface area contributed by atoms with E-state index in [0.29, 0.717) is 11.8 Å². The van der Waals surface area contributed by atoms with Crippen LogP contribution in [0.3, 0.4) is 0 Å². The topological polar surface area (TPSA) is 80.0 Å². The molecule has 1 aliphatic heterocycles. The van der Waals surface area contributed by atoms with Crippen LogP contribution in [-0.4, -0.2) is 51.2 Å². The highest BCUT2D eigenvalue weighted by Crippen LogP contribution is 2.39. The summed E-state index contributed by atoms with van der Waals surface area (Å²) >= 11 is 0. The molecule has 0 bridgehead atoms. The number of nitrogens with zero attached hydrogens (tertiary/aromatic N) is 5. The molecule has 0 radical (unpaired) electrons. The molecule has 3 heterocycles. The zero-order chi connectivity index (χ0) is 15.5. The van der Waals surface area contributed by atoms with E-state index in [1.54, 1.807) is 12.5 Å². The predicted molar refractivity (Wildman–Crippen MR) is 86.1 cm³/mol. The average molecular weight is 314 g/mol. The number of hydrogen-bond donors (Lipinski definition) is 1. The molecular weight excluding hydrogens is 292 g/mol. The van der Waals surface area contributed by atoms with E-state index in [9.17, 15) is 0 Å². The Labute approximate surface area is 135 Å². The van der Waals surface area contributed by atoms with E-state index in [1.165, 1.54) is 32.4 Å². The van der Waals surface area contributed by atoms with Gasteiger partial charge < -0.3 is 14.7 Å². The Kier molecular flexibility index (Phi) is 4.19. The van der Waals surface area contributed by atoms with Gasteiger partial charge in [-0.2, -0.15) is 4.98 Å². The fourth-order valence-electron chi connectivity index (χ4n) is 2.99. The van der Waals surface area contributed by atoms with Gasteiger partial charge in [-0.15, -0.1) is 0 Å². The van der Waals surface area contributed by atoms with Crippen molar-refractivity contribution < 1.29 is 4.52 Å². The predicted octanol–water partition coefficient (Wildman–Crippen LogP) is 2.30. The first kappa shape index (κ1) is 14.6. The van der Waals surface area contributed by atoms with E-state index in [0.717, 1.165) is 43.1 Å². The molecule has 4 rings (SSSR count). The molecule has 0 spiro atoms. The number of nitrogens with one attached hydrogen (secondary N) is 1. The molecule has 2 aromatic rings. The van der Waals surface area contributed by atoms with Crippen LogP contribution in [0.15, 0.2) is 17.0 Å². The lowest BCUT2D eigenvalue weighted by atomic mass is 10.1. The zero-order valence-electron chi connectivity index (χ0n) is 13.2. The lowest BCUT2D eigenvalue weighted by Crippen LogP contribution is -2.33. The lowest BCUT2D eigenvalue weighted by molar-refractivity contribution is 0.237. The van der Waals surface area contributed by atoms with Crippen molar-refractivity contribution >= 4 is 5.82 Å². The second-order valence-electron chi connectivity index (χ2n) is 6.35. The minimum absolute atomic E-state index is 0.479. The van der Waals surface area contributed by atoms with Gasteiger partial charge in [0.25, 0.3) is 5.89 Å². The quantitative estimate of drug-likeness (QED) is 0.876. The summed E-state index contributed by atoms with van der Waals surface area (Å²) in [5.74, 6) is 2.56. The molecule has 23 heavy (non-hydrogen) atoms. The first-order chi connectivity index (χ1) is 11.4. The highest BCUT2D eigenvalue weighted by atomic mass is 16.5. The largest absolute Gasteiger partial charge is 0.368 e. The maximum atomic E-state index is 5.40. The van der Waals surface area contributed by atoms with Gasteiger partial charge in [-0.3, -0.25) is 0 Å². The van der Waals surface area contributed by atoms with Crippen LogP contribution in [0.25, 0.3) is 11.5 Å². The van der Waals surface area contributed by atoms with Crippen molar-refractivity contribution in [1.82, 2.24) is 25.0 Å². The molecular formula is C16H22N6O. The third-order valence-corrected chi connectivity index (χ3v) is 4.50. The molecule has 7 heteroatoms. The number of likely N-dealkylation sites (tertiary alicyclic amines) is 1. The molecule has 2 aliphatic rings. The highest BCUT2D eigenvalue weighted by Gasteiger charge is 2.29. The summed E-state index contributed by atoms with van der Waals surface area (Å²) in [6.07, 6.45) is 9.58. The van der Waals surface area contributed by atoms with Crippen molar-refractivity contribution in [2.45, 2.75) is 38.0 Å². The van der Waals surface area contributed by atoms with Crippen LogP contribution in [0.4, 0.5) is 5.82 Å². The number of rotatable bonds is 6. The number of aromatic nitrogens is 4. The van der Waals surface area contributed by atoms with Crippen LogP contribution in [0, 0.1) is 0 Å². The Hall–Kier alpha value is -2.02. The van der Waals surface area contributed by atoms with Crippen molar-refractivity contribution in [3.8, 4) is 11.5 Å². The molecule has 1 saturated heterocycles. The molecule has 2 aromatic heterocycles. The molecule has 0 aromatic carbocycles. The first-order valence-corrected chi connectivity index (χ1v) is 8.50. The highest BCUT2D eigenvalue weighted by molar-refractivity contribution is 5.67. The molecule has 1 saturated carbocycles. The lowest BCUT2D eigenvalue weighted by Gasteiger charge is -2.26. The Morgan fingerprint density at radius 3 is 2.91 bits per heavy atom. The minimum Gasteiger partial charge on any atom is -0.368 e. The van der Waals surface area contributed by atoms with E-state index in [2.05, 4.69) is 30.3 Å². The van der Waals surface area contributed by atoms with Gasteiger partial charge in [-0.25, -0.2) is 9.97 Å². The summed E-state index contributed by atoms with van der Waals surface area (Å²) in [6, 6.07) is 0. The molecule has 0 atom stereocenters. The van der Waals surface area contributed by atoms with Gasteiger partial charge in [0.15, 0.2) is 5.82 Å². The van der Waals surface area contributed by atoms with E-state index >= 15 is 0 Å². The van der Waals surface area contributed by atoms with E-state index < -0.39 is 0 Å². The standard InChI is InChI=1S/C16H22N6O/c1-2-7-22(8-3-1)9-6-18-15-13(10-17-11-19-15)16-20-14(21-23-16)12-4-5-12/h10-12H,1-9H2,(H,17,18,19). The Balaban J connectivity index is 1.41. The zero-order valence-corrected chi connectivity index (χ0v) is 13.2. The normalized spacial score (nSPS) is 19.0. The van der Waals surface area contributed by atoms with Gasteiger partial charge in [-0.1, -0.05) is 11.6 Å². The number of anilines is 1. The molecule has 0 unspecified atom stereocenters. The average Bonchev–Trinajstić information content (AvgIpc) is 3.34. The fourth-order valence-corrected chi connectivity index (χ4v) is 2.99. The van der Waals surface area contributed by atoms with Crippen molar-refractivity contribution in [1.29, 1.82) is 0 Å². The molecule has 7 nitrogen and oxygen atoms in total. The SMILES string of the molecule is c1ncc(-c2nc(C3CC3)no2)c(NCCN2CCCCC2)n1. The monoisotopic (exact) mass is 314 g/mol. The maximum absolute atomic E-state index is 5.40. The van der Waals surface area contributed by atoms with E-state index in [-0.39, 0.29) is 0 Å². The van der Waals surface area contributed by atoms with Crippen molar-refractivity contribution in [2.75, 3.05) is 31.5 Å². The van der Waals surface area contributed by atoms with Crippen LogP contribution >= 0.6 is 0 Å². The maximum Gasteiger partial charge on any atom is 0.263 e. The van der Waals surface area contributed by atoms with Crippen molar-refractivity contribution in [3.05, 3.63) is 18.3 Å². The summed E-state index contributed by atoms with van der Waals surface area (Å²) in [6.45, 7) is 4.29. The number of hydrogen-bond acceptors (Lipinski definition) is 7. The summed E-state index contributed by atoms with van der Waals surface area (Å²) in [5.41, 5.74) is 0.783. The van der Waals surface area contributed by atoms with Gasteiger partial charge >= 0.3 is 0 Å². The third kappa shape index (κ3) is 3.50. The Bertz CT molecular complexity index is 648. The minimum atomic E-state index is 0.479. The molecule has 1 aliphatic carbocycles. The molecule has 0 amide bonds. The Morgan fingerprint density at radius 2 is 2.09 bits per heavy atom. The van der Waals surface area contributed by atoms with Crippen molar-refractivity contribution in [2.24, 2.45) is 0 Å².